The molecule has 5 heteroatoms. The van der Waals surface area contributed by atoms with Crippen LogP contribution in [-0.4, -0.2) is 29.2 Å². The molecule has 4 nitrogen and oxygen atoms in total. The second kappa shape index (κ2) is 6.73. The molecule has 1 aliphatic rings. The van der Waals surface area contributed by atoms with Gasteiger partial charge in [-0.05, 0) is 44.7 Å². The maximum absolute atomic E-state index is 5.44. The maximum Gasteiger partial charge on any atom is 0.151 e. The molecule has 1 saturated carbocycles. The lowest BCUT2D eigenvalue weighted by atomic mass is 10.2. The largest absolute Gasteiger partial charge is 0.360 e. The Morgan fingerprint density at radius 2 is 2.38 bits per heavy atom. The van der Waals surface area contributed by atoms with Gasteiger partial charge in [0.25, 0.3) is 0 Å². The van der Waals surface area contributed by atoms with Crippen LogP contribution in [0.25, 0.3) is 0 Å². The van der Waals surface area contributed by atoms with Crippen molar-refractivity contribution in [2.75, 3.05) is 7.05 Å². The number of thiophene rings is 1. The number of hydrogen-bond donors (Lipinski definition) is 1. The van der Waals surface area contributed by atoms with Crippen molar-refractivity contribution in [3.8, 4) is 0 Å². The minimum Gasteiger partial charge on any atom is -0.360 e. The Bertz CT molecular complexity index is 548. The summed E-state index contributed by atoms with van der Waals surface area (Å²) in [4.78, 5) is 3.75. The van der Waals surface area contributed by atoms with Crippen molar-refractivity contribution in [3.63, 3.8) is 0 Å². The van der Waals surface area contributed by atoms with Gasteiger partial charge in [-0.3, -0.25) is 4.90 Å². The number of nitrogens with one attached hydrogen (secondary N) is 1. The summed E-state index contributed by atoms with van der Waals surface area (Å²) in [5, 5.41) is 9.74. The average Bonchev–Trinajstić information content (AvgIpc) is 2.96. The second-order valence-electron chi connectivity index (χ2n) is 5.99. The predicted molar refractivity (Wildman–Crippen MR) is 85.3 cm³/mol. The summed E-state index contributed by atoms with van der Waals surface area (Å²) in [5.74, 6) is 0.947. The third-order valence-electron chi connectivity index (χ3n) is 3.99. The lowest BCUT2D eigenvalue weighted by Gasteiger charge is -2.22. The Labute approximate surface area is 130 Å². The molecule has 21 heavy (non-hydrogen) atoms. The summed E-state index contributed by atoms with van der Waals surface area (Å²) in [7, 11) is 2.14. The minimum atomic E-state index is 0.488. The van der Waals surface area contributed by atoms with Gasteiger partial charge in [0.05, 0.1) is 12.2 Å². The first kappa shape index (κ1) is 14.8. The Morgan fingerprint density at radius 3 is 3.10 bits per heavy atom. The molecule has 2 aromatic heterocycles. The molecule has 114 valence electrons. The molecule has 1 unspecified atom stereocenters. The Balaban J connectivity index is 1.47. The third-order valence-corrected chi connectivity index (χ3v) is 4.89. The van der Waals surface area contributed by atoms with Gasteiger partial charge in [-0.1, -0.05) is 11.2 Å². The number of nitrogens with zero attached hydrogens (tertiary/aromatic N) is 2. The Morgan fingerprint density at radius 1 is 1.52 bits per heavy atom. The molecule has 0 aliphatic heterocycles. The fraction of sp³-hybridized carbons (Fsp3) is 0.562. The van der Waals surface area contributed by atoms with Crippen LogP contribution in [0.2, 0.25) is 0 Å². The van der Waals surface area contributed by atoms with Crippen LogP contribution in [0.3, 0.4) is 0 Å². The van der Waals surface area contributed by atoms with Gasteiger partial charge < -0.3 is 9.84 Å². The highest BCUT2D eigenvalue weighted by molar-refractivity contribution is 7.09. The van der Waals surface area contributed by atoms with E-state index >= 15 is 0 Å². The summed E-state index contributed by atoms with van der Waals surface area (Å²) in [5.41, 5.74) is 1.01. The van der Waals surface area contributed by atoms with Gasteiger partial charge >= 0.3 is 0 Å². The standard InChI is InChI=1S/C16H23N3OS/c1-12(8-16-4-3-7-21-16)19(2)11-15-9-14(18-20-15)10-17-13-5-6-13/h3-4,7,9,12-13,17H,5-6,8,10-11H2,1-2H3. The van der Waals surface area contributed by atoms with Crippen LogP contribution in [0.4, 0.5) is 0 Å². The Hall–Kier alpha value is -1.17. The molecule has 1 atom stereocenters. The fourth-order valence-corrected chi connectivity index (χ4v) is 3.15. The van der Waals surface area contributed by atoms with Gasteiger partial charge in [-0.15, -0.1) is 11.3 Å². The molecule has 0 bridgehead atoms. The van der Waals surface area contributed by atoms with Crippen molar-refractivity contribution >= 4 is 11.3 Å². The van der Waals surface area contributed by atoms with E-state index in [2.05, 4.69) is 52.9 Å². The first-order valence-electron chi connectivity index (χ1n) is 7.61. The van der Waals surface area contributed by atoms with Crippen LogP contribution in [0.1, 0.15) is 36.1 Å². The molecule has 1 fully saturated rings. The number of aromatic nitrogens is 1. The molecule has 1 aliphatic carbocycles. The summed E-state index contributed by atoms with van der Waals surface area (Å²) in [6, 6.07) is 7.58. The van der Waals surface area contributed by atoms with Crippen molar-refractivity contribution in [1.82, 2.24) is 15.4 Å². The van der Waals surface area contributed by atoms with E-state index < -0.39 is 0 Å². The normalized spacial score (nSPS) is 16.5. The molecular weight excluding hydrogens is 282 g/mol. The van der Waals surface area contributed by atoms with E-state index in [0.717, 1.165) is 31.0 Å². The zero-order valence-corrected chi connectivity index (χ0v) is 13.5. The van der Waals surface area contributed by atoms with E-state index in [-0.39, 0.29) is 0 Å². The summed E-state index contributed by atoms with van der Waals surface area (Å²) >= 11 is 1.82. The SMILES string of the molecule is CC(Cc1cccs1)N(C)Cc1cc(CNC2CC2)no1. The minimum absolute atomic E-state index is 0.488. The molecule has 2 heterocycles. The Kier molecular flexibility index (Phi) is 4.73. The molecule has 0 spiro atoms. The molecule has 0 radical (unpaired) electrons. The van der Waals surface area contributed by atoms with Crippen LogP contribution < -0.4 is 5.32 Å². The summed E-state index contributed by atoms with van der Waals surface area (Å²) in [6.45, 7) is 3.89. The van der Waals surface area contributed by atoms with Crippen LogP contribution >= 0.6 is 11.3 Å². The lowest BCUT2D eigenvalue weighted by Crippen LogP contribution is -2.30. The van der Waals surface area contributed by atoms with Crippen molar-refractivity contribution < 1.29 is 4.52 Å². The highest BCUT2D eigenvalue weighted by Crippen LogP contribution is 2.19. The van der Waals surface area contributed by atoms with Crippen molar-refractivity contribution in [1.29, 1.82) is 0 Å². The van der Waals surface area contributed by atoms with Crippen LogP contribution in [0, 0.1) is 0 Å². The first-order valence-corrected chi connectivity index (χ1v) is 8.49. The van der Waals surface area contributed by atoms with Gasteiger partial charge in [0, 0.05) is 29.6 Å². The molecule has 0 saturated heterocycles. The highest BCUT2D eigenvalue weighted by atomic mass is 32.1. The average molecular weight is 305 g/mol. The van der Waals surface area contributed by atoms with E-state index in [1.165, 1.54) is 17.7 Å². The van der Waals surface area contributed by atoms with Gasteiger partial charge in [0.1, 0.15) is 0 Å². The van der Waals surface area contributed by atoms with Gasteiger partial charge in [-0.2, -0.15) is 0 Å². The zero-order valence-electron chi connectivity index (χ0n) is 12.7. The lowest BCUT2D eigenvalue weighted by molar-refractivity contribution is 0.218. The highest BCUT2D eigenvalue weighted by Gasteiger charge is 2.21. The maximum atomic E-state index is 5.44. The third kappa shape index (κ3) is 4.40. The van der Waals surface area contributed by atoms with E-state index in [4.69, 9.17) is 4.52 Å². The molecular formula is C16H23N3OS. The number of likely N-dealkylation sites (N-methyl/N-ethyl adjacent to an activating group) is 1. The quantitative estimate of drug-likeness (QED) is 0.814. The molecule has 1 N–H and O–H groups in total. The van der Waals surface area contributed by atoms with Crippen molar-refractivity contribution in [3.05, 3.63) is 39.9 Å². The zero-order chi connectivity index (χ0) is 14.7. The van der Waals surface area contributed by atoms with Crippen LogP contribution in [0.15, 0.2) is 28.1 Å². The first-order chi connectivity index (χ1) is 10.2. The van der Waals surface area contributed by atoms with Crippen LogP contribution in [0.5, 0.6) is 0 Å². The van der Waals surface area contributed by atoms with Crippen molar-refractivity contribution in [2.45, 2.75) is 51.4 Å². The number of hydrogen-bond acceptors (Lipinski definition) is 5. The molecule has 0 amide bonds. The van der Waals surface area contributed by atoms with E-state index in [0.29, 0.717) is 12.1 Å². The second-order valence-corrected chi connectivity index (χ2v) is 7.02. The number of rotatable bonds is 8. The molecule has 3 rings (SSSR count). The van der Waals surface area contributed by atoms with Gasteiger partial charge in [0.15, 0.2) is 5.76 Å². The van der Waals surface area contributed by atoms with E-state index in [1.54, 1.807) is 0 Å². The molecule has 2 aromatic rings. The van der Waals surface area contributed by atoms with Crippen LogP contribution in [-0.2, 0) is 19.5 Å². The van der Waals surface area contributed by atoms with Crippen molar-refractivity contribution in [2.24, 2.45) is 0 Å². The van der Waals surface area contributed by atoms with Gasteiger partial charge in [0.2, 0.25) is 0 Å². The summed E-state index contributed by atoms with van der Waals surface area (Å²) < 4.78 is 5.44. The monoisotopic (exact) mass is 305 g/mol. The smallest absolute Gasteiger partial charge is 0.151 e. The summed E-state index contributed by atoms with van der Waals surface area (Å²) in [6.07, 6.45) is 3.68. The van der Waals surface area contributed by atoms with E-state index in [1.807, 2.05) is 11.3 Å². The predicted octanol–water partition coefficient (Wildman–Crippen LogP) is 3.05. The fourth-order valence-electron chi connectivity index (χ4n) is 2.33. The topological polar surface area (TPSA) is 41.3 Å². The molecule has 0 aromatic carbocycles. The van der Waals surface area contributed by atoms with Gasteiger partial charge in [-0.25, -0.2) is 0 Å². The van der Waals surface area contributed by atoms with E-state index in [9.17, 15) is 0 Å².